The van der Waals surface area contributed by atoms with Gasteiger partial charge in [0.1, 0.15) is 10.8 Å². The summed E-state index contributed by atoms with van der Waals surface area (Å²) in [6.45, 7) is 0.668. The Hall–Kier alpha value is -2.34. The van der Waals surface area contributed by atoms with Crippen LogP contribution in [0.4, 0.5) is 5.82 Å². The van der Waals surface area contributed by atoms with Crippen LogP contribution in [0.15, 0.2) is 60.0 Å². The molecule has 2 heterocycles. The van der Waals surface area contributed by atoms with Gasteiger partial charge in [0.05, 0.1) is 30.7 Å². The Kier molecular flexibility index (Phi) is 5.50. The lowest BCUT2D eigenvalue weighted by Crippen LogP contribution is -2.07. The minimum Gasteiger partial charge on any atom is -0.363 e. The Morgan fingerprint density at radius 3 is 2.77 bits per heavy atom. The van der Waals surface area contributed by atoms with Crippen molar-refractivity contribution in [1.29, 1.82) is 0 Å². The molecule has 26 heavy (non-hydrogen) atoms. The molecule has 5 nitrogen and oxygen atoms in total. The summed E-state index contributed by atoms with van der Waals surface area (Å²) in [5.74, 6) is 1.68. The first kappa shape index (κ1) is 17.1. The molecule has 0 unspecified atom stereocenters. The van der Waals surface area contributed by atoms with Gasteiger partial charge in [-0.3, -0.25) is 9.67 Å². The smallest absolute Gasteiger partial charge is 0.146 e. The third-order valence-electron chi connectivity index (χ3n) is 4.65. The second-order valence-electron chi connectivity index (χ2n) is 6.60. The Bertz CT molecular complexity index is 827. The fraction of sp³-hybridized carbons (Fsp3) is 0.350. The SMILES string of the molecule is c1ccc(CSc2cncc(NCc3ccn(C4CCCC4)n3)n2)cc1. The molecule has 1 aliphatic rings. The largest absolute Gasteiger partial charge is 0.363 e. The Labute approximate surface area is 158 Å². The van der Waals surface area contributed by atoms with Crippen molar-refractivity contribution in [1.82, 2.24) is 19.7 Å². The molecule has 0 bridgehead atoms. The summed E-state index contributed by atoms with van der Waals surface area (Å²) in [5.41, 5.74) is 2.33. The van der Waals surface area contributed by atoms with Crippen LogP contribution in [0.25, 0.3) is 0 Å². The van der Waals surface area contributed by atoms with Gasteiger partial charge in [-0.15, -0.1) is 11.8 Å². The first-order valence-corrected chi connectivity index (χ1v) is 10.1. The zero-order valence-electron chi connectivity index (χ0n) is 14.7. The van der Waals surface area contributed by atoms with Crippen LogP contribution in [0.1, 0.15) is 43.0 Å². The maximum atomic E-state index is 4.71. The summed E-state index contributed by atoms with van der Waals surface area (Å²) in [7, 11) is 0. The van der Waals surface area contributed by atoms with Crippen LogP contribution in [-0.4, -0.2) is 19.7 Å². The number of anilines is 1. The van der Waals surface area contributed by atoms with Crippen LogP contribution < -0.4 is 5.32 Å². The third-order valence-corrected chi connectivity index (χ3v) is 5.63. The summed E-state index contributed by atoms with van der Waals surface area (Å²) >= 11 is 1.70. The minimum absolute atomic E-state index is 0.584. The van der Waals surface area contributed by atoms with Gasteiger partial charge in [0.25, 0.3) is 0 Å². The van der Waals surface area contributed by atoms with Crippen LogP contribution >= 0.6 is 11.8 Å². The van der Waals surface area contributed by atoms with E-state index in [1.54, 1.807) is 18.0 Å². The molecule has 1 aromatic carbocycles. The average molecular weight is 366 g/mol. The molecule has 0 amide bonds. The summed E-state index contributed by atoms with van der Waals surface area (Å²) in [6.07, 6.45) is 10.8. The van der Waals surface area contributed by atoms with Gasteiger partial charge in [0.2, 0.25) is 0 Å². The fourth-order valence-electron chi connectivity index (χ4n) is 3.26. The number of aromatic nitrogens is 4. The number of nitrogens with one attached hydrogen (secondary N) is 1. The monoisotopic (exact) mass is 365 g/mol. The standard InChI is InChI=1S/C20H23N5S/c1-2-6-16(7-3-1)15-26-20-14-21-13-19(23-20)22-12-17-10-11-25(24-17)18-8-4-5-9-18/h1-3,6-7,10-11,13-14,18H,4-5,8-9,12,15H2,(H,22,23). The Balaban J connectivity index is 1.32. The first-order chi connectivity index (χ1) is 12.9. The van der Waals surface area contributed by atoms with Crippen LogP contribution in [0.3, 0.4) is 0 Å². The molecule has 1 saturated carbocycles. The predicted octanol–water partition coefficient (Wildman–Crippen LogP) is 4.69. The van der Waals surface area contributed by atoms with Crippen molar-refractivity contribution in [3.8, 4) is 0 Å². The van der Waals surface area contributed by atoms with Crippen LogP contribution in [-0.2, 0) is 12.3 Å². The highest BCUT2D eigenvalue weighted by atomic mass is 32.2. The van der Waals surface area contributed by atoms with Crippen molar-refractivity contribution in [2.24, 2.45) is 0 Å². The van der Waals surface area contributed by atoms with Gasteiger partial charge >= 0.3 is 0 Å². The summed E-state index contributed by atoms with van der Waals surface area (Å²) in [6, 6.07) is 13.1. The van der Waals surface area contributed by atoms with Gasteiger partial charge in [0.15, 0.2) is 0 Å². The van der Waals surface area contributed by atoms with E-state index < -0.39 is 0 Å². The molecule has 0 atom stereocenters. The highest BCUT2D eigenvalue weighted by molar-refractivity contribution is 7.98. The lowest BCUT2D eigenvalue weighted by atomic mass is 10.2. The molecule has 1 N–H and O–H groups in total. The second-order valence-corrected chi connectivity index (χ2v) is 7.59. The van der Waals surface area contributed by atoms with Gasteiger partial charge < -0.3 is 5.32 Å². The number of thioether (sulfide) groups is 1. The minimum atomic E-state index is 0.584. The molecule has 0 radical (unpaired) electrons. The Morgan fingerprint density at radius 2 is 1.92 bits per heavy atom. The molecule has 2 aromatic heterocycles. The number of hydrogen-bond donors (Lipinski definition) is 1. The van der Waals surface area contributed by atoms with Crippen LogP contribution in [0.2, 0.25) is 0 Å². The van der Waals surface area contributed by atoms with Crippen molar-refractivity contribution >= 4 is 17.6 Å². The molecule has 1 fully saturated rings. The van der Waals surface area contributed by atoms with Crippen molar-refractivity contribution in [3.05, 3.63) is 66.2 Å². The van der Waals surface area contributed by atoms with Crippen LogP contribution in [0.5, 0.6) is 0 Å². The summed E-state index contributed by atoms with van der Waals surface area (Å²) in [4.78, 5) is 8.95. The number of nitrogens with zero attached hydrogens (tertiary/aromatic N) is 4. The van der Waals surface area contributed by atoms with Gasteiger partial charge in [-0.05, 0) is 24.5 Å². The van der Waals surface area contributed by atoms with Gasteiger partial charge in [-0.1, -0.05) is 43.2 Å². The molecule has 1 aliphatic carbocycles. The molecule has 3 aromatic rings. The molecule has 6 heteroatoms. The quantitative estimate of drug-likeness (QED) is 0.616. The first-order valence-electron chi connectivity index (χ1n) is 9.13. The third kappa shape index (κ3) is 4.43. The number of hydrogen-bond acceptors (Lipinski definition) is 5. The fourth-order valence-corrected chi connectivity index (χ4v) is 4.06. The van der Waals surface area contributed by atoms with Crippen molar-refractivity contribution in [2.75, 3.05) is 5.32 Å². The molecule has 0 aliphatic heterocycles. The van der Waals surface area contributed by atoms with E-state index in [0.717, 1.165) is 22.3 Å². The molecular formula is C20H23N5S. The van der Waals surface area contributed by atoms with E-state index in [2.05, 4.69) is 56.5 Å². The maximum Gasteiger partial charge on any atom is 0.146 e. The molecule has 134 valence electrons. The van der Waals surface area contributed by atoms with Gasteiger partial charge in [-0.2, -0.15) is 5.10 Å². The van der Waals surface area contributed by atoms with E-state index in [1.165, 1.54) is 31.2 Å². The van der Waals surface area contributed by atoms with E-state index in [0.29, 0.717) is 12.6 Å². The highest BCUT2D eigenvalue weighted by Gasteiger charge is 2.17. The maximum absolute atomic E-state index is 4.71. The topological polar surface area (TPSA) is 55.6 Å². The molecule has 4 rings (SSSR count). The zero-order chi connectivity index (χ0) is 17.6. The average Bonchev–Trinajstić information content (AvgIpc) is 3.37. The normalized spacial score (nSPS) is 14.6. The van der Waals surface area contributed by atoms with E-state index in [4.69, 9.17) is 5.10 Å². The summed E-state index contributed by atoms with van der Waals surface area (Å²) < 4.78 is 2.13. The van der Waals surface area contributed by atoms with E-state index in [-0.39, 0.29) is 0 Å². The Morgan fingerprint density at radius 1 is 1.08 bits per heavy atom. The van der Waals surface area contributed by atoms with Crippen LogP contribution in [0, 0.1) is 0 Å². The van der Waals surface area contributed by atoms with E-state index in [9.17, 15) is 0 Å². The lowest BCUT2D eigenvalue weighted by molar-refractivity contribution is 0.463. The number of benzene rings is 1. The lowest BCUT2D eigenvalue weighted by Gasteiger charge is -2.09. The molecule has 0 saturated heterocycles. The molecule has 0 spiro atoms. The van der Waals surface area contributed by atoms with E-state index >= 15 is 0 Å². The van der Waals surface area contributed by atoms with Crippen molar-refractivity contribution < 1.29 is 0 Å². The van der Waals surface area contributed by atoms with Gasteiger partial charge in [-0.25, -0.2) is 4.98 Å². The highest BCUT2D eigenvalue weighted by Crippen LogP contribution is 2.28. The van der Waals surface area contributed by atoms with Crippen molar-refractivity contribution in [3.63, 3.8) is 0 Å². The van der Waals surface area contributed by atoms with Gasteiger partial charge in [0, 0.05) is 11.9 Å². The zero-order valence-corrected chi connectivity index (χ0v) is 15.5. The number of rotatable bonds is 7. The van der Waals surface area contributed by atoms with E-state index in [1.807, 2.05) is 12.3 Å². The van der Waals surface area contributed by atoms with Crippen molar-refractivity contribution in [2.45, 2.75) is 49.0 Å². The summed E-state index contributed by atoms with van der Waals surface area (Å²) in [5, 5.41) is 8.97. The second kappa shape index (κ2) is 8.36. The predicted molar refractivity (Wildman–Crippen MR) is 105 cm³/mol. The molecular weight excluding hydrogens is 342 g/mol.